The largest absolute Gasteiger partial charge is 0.368 e. The van der Waals surface area contributed by atoms with E-state index in [1.807, 2.05) is 6.07 Å². The molecule has 2 heterocycles. The number of hydrogen-bond acceptors (Lipinski definition) is 6. The Kier molecular flexibility index (Phi) is 4.73. The predicted molar refractivity (Wildman–Crippen MR) is 105 cm³/mol. The summed E-state index contributed by atoms with van der Waals surface area (Å²) in [7, 11) is 0. The third kappa shape index (κ3) is 3.55. The average Bonchev–Trinajstić information content (AvgIpc) is 3.09. The Labute approximate surface area is 163 Å². The summed E-state index contributed by atoms with van der Waals surface area (Å²) < 4.78 is 2.36. The zero-order valence-electron chi connectivity index (χ0n) is 15.4. The van der Waals surface area contributed by atoms with E-state index in [9.17, 15) is 14.4 Å². The Morgan fingerprint density at radius 2 is 1.72 bits per heavy atom. The van der Waals surface area contributed by atoms with Gasteiger partial charge in [0.2, 0.25) is 0 Å². The highest BCUT2D eigenvalue weighted by Gasteiger charge is 2.18. The second kappa shape index (κ2) is 7.50. The second-order valence-corrected chi connectivity index (χ2v) is 6.51. The van der Waals surface area contributed by atoms with Gasteiger partial charge in [0.25, 0.3) is 11.5 Å². The third-order valence-electron chi connectivity index (χ3n) is 4.38. The van der Waals surface area contributed by atoms with Crippen molar-refractivity contribution in [2.24, 2.45) is 0 Å². The van der Waals surface area contributed by atoms with Crippen molar-refractivity contribution < 1.29 is 4.79 Å². The monoisotopic (exact) mass is 391 g/mol. The third-order valence-corrected chi connectivity index (χ3v) is 4.38. The molecular formula is C19H17N7O3. The van der Waals surface area contributed by atoms with Crippen LogP contribution < -0.4 is 16.6 Å². The smallest absolute Gasteiger partial charge is 0.346 e. The fourth-order valence-corrected chi connectivity index (χ4v) is 3.01. The number of aromatic amines is 1. The molecule has 0 spiro atoms. The molecule has 0 unspecified atom stereocenters. The number of para-hydroxylation sites is 1. The molecule has 0 saturated heterocycles. The van der Waals surface area contributed by atoms with Crippen LogP contribution in [0.3, 0.4) is 0 Å². The van der Waals surface area contributed by atoms with Crippen molar-refractivity contribution in [3.63, 3.8) is 0 Å². The number of aromatic nitrogens is 6. The van der Waals surface area contributed by atoms with Gasteiger partial charge in [0, 0.05) is 11.4 Å². The molecule has 1 atom stereocenters. The number of rotatable bonds is 5. The Hall–Kier alpha value is -4.08. The molecule has 4 aromatic rings. The van der Waals surface area contributed by atoms with Crippen LogP contribution in [0.2, 0.25) is 0 Å². The van der Waals surface area contributed by atoms with Crippen LogP contribution in [0.25, 0.3) is 16.5 Å². The van der Waals surface area contributed by atoms with E-state index in [-0.39, 0.29) is 17.8 Å². The van der Waals surface area contributed by atoms with Crippen LogP contribution in [-0.2, 0) is 6.54 Å². The van der Waals surface area contributed by atoms with Crippen molar-refractivity contribution in [2.45, 2.75) is 19.5 Å². The Morgan fingerprint density at radius 1 is 1.03 bits per heavy atom. The summed E-state index contributed by atoms with van der Waals surface area (Å²) in [6.07, 6.45) is 0. The molecule has 1 amide bonds. The molecular weight excluding hydrogens is 374 g/mol. The minimum Gasteiger partial charge on any atom is -0.346 e. The van der Waals surface area contributed by atoms with Gasteiger partial charge >= 0.3 is 5.69 Å². The van der Waals surface area contributed by atoms with Crippen LogP contribution >= 0.6 is 0 Å². The molecule has 29 heavy (non-hydrogen) atoms. The first kappa shape index (κ1) is 18.3. The lowest BCUT2D eigenvalue weighted by Gasteiger charge is -2.13. The zero-order chi connectivity index (χ0) is 20.4. The fourth-order valence-electron chi connectivity index (χ4n) is 3.01. The Morgan fingerprint density at radius 3 is 2.48 bits per heavy atom. The number of carbonyl (C=O) groups excluding carboxylic acids is 1. The van der Waals surface area contributed by atoms with Crippen molar-refractivity contribution in [3.8, 4) is 5.69 Å². The van der Waals surface area contributed by atoms with Crippen molar-refractivity contribution in [3.05, 3.63) is 81.1 Å². The van der Waals surface area contributed by atoms with Gasteiger partial charge in [-0.1, -0.05) is 36.4 Å². The number of tetrazole rings is 1. The molecule has 0 saturated carbocycles. The molecule has 0 radical (unpaired) electrons. The van der Waals surface area contributed by atoms with E-state index >= 15 is 0 Å². The maximum Gasteiger partial charge on any atom is 0.368 e. The van der Waals surface area contributed by atoms with Gasteiger partial charge in [-0.25, -0.2) is 9.89 Å². The predicted octanol–water partition coefficient (Wildman–Crippen LogP) is 0.484. The Bertz CT molecular complexity index is 1290. The highest BCUT2D eigenvalue weighted by molar-refractivity contribution is 6.04. The van der Waals surface area contributed by atoms with E-state index in [0.717, 1.165) is 0 Å². The molecule has 0 aliphatic heterocycles. The first-order chi connectivity index (χ1) is 14.0. The van der Waals surface area contributed by atoms with Crippen LogP contribution in [0.5, 0.6) is 0 Å². The van der Waals surface area contributed by atoms with Gasteiger partial charge < -0.3 is 5.32 Å². The standard InChI is InChI=1S/C19H17N7O3/c1-12(11-25-19(29)26(24-23-25)13-7-3-2-4-8-13)20-18(28)16-14-9-5-6-10-15(14)17(27)22-21-16/h2-10,12H,11H2,1H3,(H,20,28)(H,22,27)/t12-/m0/s1. The topological polar surface area (TPSA) is 128 Å². The van der Waals surface area contributed by atoms with Crippen LogP contribution in [-0.4, -0.2) is 41.9 Å². The van der Waals surface area contributed by atoms with Gasteiger partial charge in [-0.15, -0.1) is 0 Å². The number of nitrogens with one attached hydrogen (secondary N) is 2. The Balaban J connectivity index is 1.53. The van der Waals surface area contributed by atoms with Crippen LogP contribution in [0, 0.1) is 0 Å². The summed E-state index contributed by atoms with van der Waals surface area (Å²) >= 11 is 0. The van der Waals surface area contributed by atoms with Crippen LogP contribution in [0.1, 0.15) is 17.4 Å². The normalized spacial score (nSPS) is 12.0. The van der Waals surface area contributed by atoms with E-state index in [0.29, 0.717) is 16.5 Å². The number of H-pyrrole nitrogens is 1. The lowest BCUT2D eigenvalue weighted by molar-refractivity contribution is 0.0931. The summed E-state index contributed by atoms with van der Waals surface area (Å²) in [6, 6.07) is 15.2. The number of benzene rings is 2. The van der Waals surface area contributed by atoms with Crippen molar-refractivity contribution in [2.75, 3.05) is 0 Å². The van der Waals surface area contributed by atoms with Crippen molar-refractivity contribution in [1.29, 1.82) is 0 Å². The number of amides is 1. The summed E-state index contributed by atoms with van der Waals surface area (Å²) in [5.41, 5.74) is -0.0733. The van der Waals surface area contributed by atoms with Crippen LogP contribution in [0.4, 0.5) is 0 Å². The maximum absolute atomic E-state index is 12.7. The lowest BCUT2D eigenvalue weighted by atomic mass is 10.1. The molecule has 2 aromatic heterocycles. The minimum atomic E-state index is -0.464. The number of hydrogen-bond donors (Lipinski definition) is 2. The van der Waals surface area contributed by atoms with Gasteiger partial charge in [0.1, 0.15) is 0 Å². The van der Waals surface area contributed by atoms with Gasteiger partial charge in [-0.2, -0.15) is 14.5 Å². The SMILES string of the molecule is C[C@@H](Cn1nnn(-c2ccccc2)c1=O)NC(=O)c1n[nH]c(=O)c2ccccc12. The number of carbonyl (C=O) groups is 1. The van der Waals surface area contributed by atoms with Crippen molar-refractivity contribution >= 4 is 16.7 Å². The van der Waals surface area contributed by atoms with Gasteiger partial charge in [0.05, 0.1) is 17.6 Å². The number of fused-ring (bicyclic) bond motifs is 1. The first-order valence-corrected chi connectivity index (χ1v) is 8.91. The number of nitrogens with zero attached hydrogens (tertiary/aromatic N) is 5. The molecule has 0 bridgehead atoms. The van der Waals surface area contributed by atoms with Crippen molar-refractivity contribution in [1.82, 2.24) is 35.3 Å². The van der Waals surface area contributed by atoms with E-state index in [2.05, 4.69) is 25.9 Å². The van der Waals surface area contributed by atoms with Crippen LogP contribution in [0.15, 0.2) is 64.2 Å². The zero-order valence-corrected chi connectivity index (χ0v) is 15.4. The molecule has 0 aliphatic carbocycles. The molecule has 0 fully saturated rings. The molecule has 4 rings (SSSR count). The highest BCUT2D eigenvalue weighted by atomic mass is 16.2. The molecule has 10 nitrogen and oxygen atoms in total. The molecule has 2 N–H and O–H groups in total. The van der Waals surface area contributed by atoms with E-state index < -0.39 is 17.6 Å². The minimum absolute atomic E-state index is 0.104. The van der Waals surface area contributed by atoms with Gasteiger partial charge in [-0.3, -0.25) is 9.59 Å². The molecule has 0 aliphatic rings. The summed E-state index contributed by atoms with van der Waals surface area (Å²) in [6.45, 7) is 1.86. The molecule has 10 heteroatoms. The van der Waals surface area contributed by atoms with E-state index in [1.165, 1.54) is 9.36 Å². The second-order valence-electron chi connectivity index (χ2n) is 6.51. The molecule has 146 valence electrons. The van der Waals surface area contributed by atoms with E-state index in [4.69, 9.17) is 0 Å². The lowest BCUT2D eigenvalue weighted by Crippen LogP contribution is -2.39. The maximum atomic E-state index is 12.7. The van der Waals surface area contributed by atoms with E-state index in [1.54, 1.807) is 55.5 Å². The highest BCUT2D eigenvalue weighted by Crippen LogP contribution is 2.12. The fraction of sp³-hybridized carbons (Fsp3) is 0.158. The summed E-state index contributed by atoms with van der Waals surface area (Å²) in [5, 5.41) is 17.6. The molecule has 2 aromatic carbocycles. The quantitative estimate of drug-likeness (QED) is 0.509. The first-order valence-electron chi connectivity index (χ1n) is 8.91. The van der Waals surface area contributed by atoms with Gasteiger partial charge in [0.15, 0.2) is 5.69 Å². The average molecular weight is 391 g/mol. The van der Waals surface area contributed by atoms with Gasteiger partial charge in [-0.05, 0) is 35.5 Å². The summed E-state index contributed by atoms with van der Waals surface area (Å²) in [5.74, 6) is -0.464. The summed E-state index contributed by atoms with van der Waals surface area (Å²) in [4.78, 5) is 37.0.